The van der Waals surface area contributed by atoms with E-state index in [1.165, 1.54) is 6.20 Å². The Hall–Kier alpha value is -1.16. The standard InChI is InChI=1S/C9H11NO3/c1-9(2-3-12-6-9)8-10-4-7(5-11)13-8/h4-5H,2-3,6H2,1H3. The van der Waals surface area contributed by atoms with Gasteiger partial charge in [-0.25, -0.2) is 4.98 Å². The third kappa shape index (κ3) is 1.37. The van der Waals surface area contributed by atoms with Gasteiger partial charge in [0, 0.05) is 6.61 Å². The maximum Gasteiger partial charge on any atom is 0.203 e. The normalized spacial score (nSPS) is 27.8. The topological polar surface area (TPSA) is 52.3 Å². The van der Waals surface area contributed by atoms with Crippen LogP contribution in [0.15, 0.2) is 10.6 Å². The number of oxazole rings is 1. The van der Waals surface area contributed by atoms with Crippen LogP contribution in [0, 0.1) is 0 Å². The summed E-state index contributed by atoms with van der Waals surface area (Å²) in [5.41, 5.74) is -0.152. The van der Waals surface area contributed by atoms with Gasteiger partial charge in [0.2, 0.25) is 5.89 Å². The zero-order valence-electron chi connectivity index (χ0n) is 7.45. The van der Waals surface area contributed by atoms with Crippen LogP contribution in [0.1, 0.15) is 29.8 Å². The molecular weight excluding hydrogens is 170 g/mol. The Morgan fingerprint density at radius 2 is 2.54 bits per heavy atom. The Balaban J connectivity index is 2.28. The molecule has 2 heterocycles. The molecular formula is C9H11NO3. The van der Waals surface area contributed by atoms with Crippen LogP contribution in [0.5, 0.6) is 0 Å². The Kier molecular flexibility index (Phi) is 1.92. The average molecular weight is 181 g/mol. The van der Waals surface area contributed by atoms with Crippen LogP contribution >= 0.6 is 0 Å². The molecule has 4 nitrogen and oxygen atoms in total. The van der Waals surface area contributed by atoms with E-state index in [2.05, 4.69) is 4.98 Å². The minimum atomic E-state index is -0.152. The van der Waals surface area contributed by atoms with Crippen molar-refractivity contribution >= 4 is 6.29 Å². The van der Waals surface area contributed by atoms with Crippen molar-refractivity contribution in [2.75, 3.05) is 13.2 Å². The van der Waals surface area contributed by atoms with Gasteiger partial charge in [-0.1, -0.05) is 0 Å². The van der Waals surface area contributed by atoms with Gasteiger partial charge in [0.25, 0.3) is 0 Å². The lowest BCUT2D eigenvalue weighted by Crippen LogP contribution is -2.21. The molecule has 4 heteroatoms. The Labute approximate surface area is 75.9 Å². The highest BCUT2D eigenvalue weighted by Gasteiger charge is 2.36. The molecule has 0 radical (unpaired) electrons. The van der Waals surface area contributed by atoms with Crippen LogP contribution in [-0.4, -0.2) is 24.5 Å². The zero-order valence-corrected chi connectivity index (χ0v) is 7.45. The van der Waals surface area contributed by atoms with Crippen molar-refractivity contribution in [1.29, 1.82) is 0 Å². The molecule has 1 aromatic rings. The number of rotatable bonds is 2. The van der Waals surface area contributed by atoms with Gasteiger partial charge in [0.1, 0.15) is 0 Å². The second-order valence-electron chi connectivity index (χ2n) is 3.55. The number of aldehydes is 1. The van der Waals surface area contributed by atoms with Gasteiger partial charge in [0.15, 0.2) is 12.0 Å². The molecule has 0 amide bonds. The summed E-state index contributed by atoms with van der Waals surface area (Å²) in [5.74, 6) is 0.884. The first-order valence-electron chi connectivity index (χ1n) is 4.24. The summed E-state index contributed by atoms with van der Waals surface area (Å²) in [6.45, 7) is 3.38. The van der Waals surface area contributed by atoms with Gasteiger partial charge in [-0.3, -0.25) is 4.79 Å². The van der Waals surface area contributed by atoms with E-state index in [1.54, 1.807) is 0 Å². The summed E-state index contributed by atoms with van der Waals surface area (Å²) in [5, 5.41) is 0. The highest BCUT2D eigenvalue weighted by Crippen LogP contribution is 2.31. The number of ether oxygens (including phenoxy) is 1. The summed E-state index contributed by atoms with van der Waals surface area (Å²) < 4.78 is 10.5. The van der Waals surface area contributed by atoms with E-state index in [0.717, 1.165) is 13.0 Å². The maximum absolute atomic E-state index is 10.4. The van der Waals surface area contributed by atoms with Crippen molar-refractivity contribution in [2.24, 2.45) is 0 Å². The molecule has 13 heavy (non-hydrogen) atoms. The number of carbonyl (C=O) groups is 1. The number of hydrogen-bond donors (Lipinski definition) is 0. The molecule has 0 aromatic carbocycles. The molecule has 1 aliphatic rings. The van der Waals surface area contributed by atoms with Crippen molar-refractivity contribution in [3.63, 3.8) is 0 Å². The smallest absolute Gasteiger partial charge is 0.203 e. The predicted molar refractivity (Wildman–Crippen MR) is 44.7 cm³/mol. The third-order valence-electron chi connectivity index (χ3n) is 2.37. The molecule has 1 saturated heterocycles. The van der Waals surface area contributed by atoms with Gasteiger partial charge < -0.3 is 9.15 Å². The largest absolute Gasteiger partial charge is 0.437 e. The number of aromatic nitrogens is 1. The first-order valence-corrected chi connectivity index (χ1v) is 4.24. The quantitative estimate of drug-likeness (QED) is 0.642. The van der Waals surface area contributed by atoms with Crippen molar-refractivity contribution < 1.29 is 13.9 Å². The third-order valence-corrected chi connectivity index (χ3v) is 2.37. The molecule has 1 aromatic heterocycles. The fraction of sp³-hybridized carbons (Fsp3) is 0.556. The summed E-state index contributed by atoms with van der Waals surface area (Å²) in [4.78, 5) is 14.4. The Morgan fingerprint density at radius 3 is 3.08 bits per heavy atom. The van der Waals surface area contributed by atoms with Gasteiger partial charge in [-0.2, -0.15) is 0 Å². The van der Waals surface area contributed by atoms with Crippen LogP contribution in [0.2, 0.25) is 0 Å². The summed E-state index contributed by atoms with van der Waals surface area (Å²) in [6.07, 6.45) is 3.01. The van der Waals surface area contributed by atoms with Crippen LogP contribution in [-0.2, 0) is 10.2 Å². The van der Waals surface area contributed by atoms with Crippen molar-refractivity contribution in [3.8, 4) is 0 Å². The summed E-state index contributed by atoms with van der Waals surface area (Å²) >= 11 is 0. The van der Waals surface area contributed by atoms with Crippen molar-refractivity contribution in [1.82, 2.24) is 4.98 Å². The van der Waals surface area contributed by atoms with Gasteiger partial charge in [-0.15, -0.1) is 0 Å². The number of hydrogen-bond acceptors (Lipinski definition) is 4. The van der Waals surface area contributed by atoms with Crippen LogP contribution < -0.4 is 0 Å². The SMILES string of the molecule is CC1(c2ncc(C=O)o2)CCOC1. The molecule has 1 aliphatic heterocycles. The summed E-state index contributed by atoms with van der Waals surface area (Å²) in [7, 11) is 0. The monoisotopic (exact) mass is 181 g/mol. The molecule has 1 unspecified atom stereocenters. The maximum atomic E-state index is 10.4. The molecule has 0 aliphatic carbocycles. The molecule has 0 spiro atoms. The molecule has 1 atom stereocenters. The predicted octanol–water partition coefficient (Wildman–Crippen LogP) is 1.17. The molecule has 0 saturated carbocycles. The highest BCUT2D eigenvalue weighted by molar-refractivity contribution is 5.69. The Morgan fingerprint density at radius 1 is 1.69 bits per heavy atom. The summed E-state index contributed by atoms with van der Waals surface area (Å²) in [6, 6.07) is 0. The fourth-order valence-corrected chi connectivity index (χ4v) is 1.46. The molecule has 0 N–H and O–H groups in total. The lowest BCUT2D eigenvalue weighted by molar-refractivity contribution is 0.109. The molecule has 2 rings (SSSR count). The Bertz CT molecular complexity index is 312. The molecule has 70 valence electrons. The van der Waals surface area contributed by atoms with Crippen LogP contribution in [0.4, 0.5) is 0 Å². The number of carbonyl (C=O) groups excluding carboxylic acids is 1. The van der Waals surface area contributed by atoms with Crippen molar-refractivity contribution in [2.45, 2.75) is 18.8 Å². The first-order chi connectivity index (χ1) is 6.24. The number of nitrogens with zero attached hydrogens (tertiary/aromatic N) is 1. The van der Waals surface area contributed by atoms with Crippen LogP contribution in [0.3, 0.4) is 0 Å². The second-order valence-corrected chi connectivity index (χ2v) is 3.55. The average Bonchev–Trinajstić information content (AvgIpc) is 2.72. The van der Waals surface area contributed by atoms with Gasteiger partial charge in [-0.05, 0) is 13.3 Å². The van der Waals surface area contributed by atoms with Gasteiger partial charge >= 0.3 is 0 Å². The first kappa shape index (κ1) is 8.44. The van der Waals surface area contributed by atoms with Gasteiger partial charge in [0.05, 0.1) is 18.2 Å². The van der Waals surface area contributed by atoms with Crippen LogP contribution in [0.25, 0.3) is 0 Å². The molecule has 0 bridgehead atoms. The van der Waals surface area contributed by atoms with Crippen molar-refractivity contribution in [3.05, 3.63) is 17.8 Å². The van der Waals surface area contributed by atoms with E-state index in [9.17, 15) is 4.79 Å². The van der Waals surface area contributed by atoms with E-state index in [4.69, 9.17) is 9.15 Å². The highest BCUT2D eigenvalue weighted by atomic mass is 16.5. The molecule has 1 fully saturated rings. The zero-order chi connectivity index (χ0) is 9.31. The fourth-order valence-electron chi connectivity index (χ4n) is 1.46. The minimum Gasteiger partial charge on any atom is -0.437 e. The van der Waals surface area contributed by atoms with E-state index in [-0.39, 0.29) is 11.2 Å². The minimum absolute atomic E-state index is 0.152. The van der Waals surface area contributed by atoms with E-state index >= 15 is 0 Å². The lowest BCUT2D eigenvalue weighted by atomic mass is 9.90. The van der Waals surface area contributed by atoms with E-state index in [0.29, 0.717) is 18.8 Å². The van der Waals surface area contributed by atoms with E-state index < -0.39 is 0 Å². The van der Waals surface area contributed by atoms with E-state index in [1.807, 2.05) is 6.92 Å². The second kappa shape index (κ2) is 2.96. The lowest BCUT2D eigenvalue weighted by Gasteiger charge is -2.15.